The first-order valence-electron chi connectivity index (χ1n) is 5.91. The van der Waals surface area contributed by atoms with Gasteiger partial charge in [-0.3, -0.25) is 9.59 Å². The Morgan fingerprint density at radius 2 is 0.950 bits per heavy atom. The van der Waals surface area contributed by atoms with E-state index in [1.54, 1.807) is 27.7 Å². The predicted molar refractivity (Wildman–Crippen MR) is 74.9 cm³/mol. The first kappa shape index (κ1) is 23.0. The minimum atomic E-state index is -0.870. The van der Waals surface area contributed by atoms with E-state index in [9.17, 15) is 9.59 Å². The number of nitrogens with zero attached hydrogens (tertiary/aromatic N) is 2. The van der Waals surface area contributed by atoms with E-state index in [-0.39, 0.29) is 12.8 Å². The fourth-order valence-corrected chi connectivity index (χ4v) is 0.552. The highest BCUT2D eigenvalue weighted by Gasteiger charge is 1.99. The Hall–Kier alpha value is -2.12. The van der Waals surface area contributed by atoms with Gasteiger partial charge in [0.05, 0.1) is 11.4 Å². The van der Waals surface area contributed by atoms with Crippen molar-refractivity contribution < 1.29 is 30.2 Å². The molecule has 20 heavy (non-hydrogen) atoms. The number of carboxylic acids is 2. The second kappa shape index (κ2) is 16.9. The molecule has 0 rings (SSSR count). The average molecular weight is 292 g/mol. The van der Waals surface area contributed by atoms with E-state index < -0.39 is 11.9 Å². The molecule has 0 unspecified atom stereocenters. The molecule has 0 aliphatic heterocycles. The normalized spacial score (nSPS) is 8.00. The number of carboxylic acid groups (broad SMARTS) is 2. The topological polar surface area (TPSA) is 140 Å². The van der Waals surface area contributed by atoms with E-state index in [0.29, 0.717) is 24.3 Å². The maximum Gasteiger partial charge on any atom is 0.303 e. The Morgan fingerprint density at radius 3 is 1.05 bits per heavy atom. The molecule has 0 fully saturated rings. The third-order valence-corrected chi connectivity index (χ3v) is 1.43. The summed E-state index contributed by atoms with van der Waals surface area (Å²) in [5, 5.41) is 37.3. The summed E-state index contributed by atoms with van der Waals surface area (Å²) in [5.74, 6) is -1.74. The zero-order chi connectivity index (χ0) is 16.6. The van der Waals surface area contributed by atoms with Gasteiger partial charge in [-0.05, 0) is 40.5 Å². The molecule has 0 aromatic rings. The second-order valence-electron chi connectivity index (χ2n) is 4.09. The van der Waals surface area contributed by atoms with E-state index in [1.807, 2.05) is 0 Å². The highest BCUT2D eigenvalue weighted by atomic mass is 16.4. The molecule has 0 aliphatic carbocycles. The fraction of sp³-hybridized carbons (Fsp3) is 0.667. The highest BCUT2D eigenvalue weighted by Crippen LogP contribution is 1.98. The number of hydrogen-bond donors (Lipinski definition) is 4. The molecule has 0 radical (unpaired) electrons. The van der Waals surface area contributed by atoms with Crippen LogP contribution >= 0.6 is 0 Å². The van der Waals surface area contributed by atoms with Gasteiger partial charge in [-0.15, -0.1) is 0 Å². The average Bonchev–Trinajstić information content (AvgIpc) is 2.35. The summed E-state index contributed by atoms with van der Waals surface area (Å²) in [6, 6.07) is 0. The van der Waals surface area contributed by atoms with Gasteiger partial charge in [-0.25, -0.2) is 0 Å². The molecular formula is C12H24N2O6. The summed E-state index contributed by atoms with van der Waals surface area (Å²) in [6.07, 6.45) is 1.02. The zero-order valence-corrected chi connectivity index (χ0v) is 12.3. The van der Waals surface area contributed by atoms with Crippen LogP contribution in [0.15, 0.2) is 10.3 Å². The van der Waals surface area contributed by atoms with Gasteiger partial charge >= 0.3 is 11.9 Å². The van der Waals surface area contributed by atoms with Gasteiger partial charge in [0.25, 0.3) is 0 Å². The lowest BCUT2D eigenvalue weighted by Gasteiger charge is -1.92. The van der Waals surface area contributed by atoms with Gasteiger partial charge in [0.1, 0.15) is 0 Å². The van der Waals surface area contributed by atoms with Crippen molar-refractivity contribution in [2.45, 2.75) is 53.4 Å². The zero-order valence-electron chi connectivity index (χ0n) is 12.3. The lowest BCUT2D eigenvalue weighted by molar-refractivity contribution is -0.139. The lowest BCUT2D eigenvalue weighted by Crippen LogP contribution is -1.97. The Balaban J connectivity index is -0.000000244. The first-order chi connectivity index (χ1) is 9.17. The summed E-state index contributed by atoms with van der Waals surface area (Å²) >= 11 is 0. The summed E-state index contributed by atoms with van der Waals surface area (Å²) in [4.78, 5) is 19.8. The Morgan fingerprint density at radius 1 is 0.750 bits per heavy atom. The maximum atomic E-state index is 9.90. The molecule has 8 heteroatoms. The van der Waals surface area contributed by atoms with Crippen LogP contribution in [0.2, 0.25) is 0 Å². The van der Waals surface area contributed by atoms with Crippen molar-refractivity contribution >= 4 is 23.4 Å². The molecule has 0 saturated carbocycles. The van der Waals surface area contributed by atoms with E-state index in [4.69, 9.17) is 20.6 Å². The number of oxime groups is 2. The molecule has 0 aromatic heterocycles. The molecule has 0 atom stereocenters. The second-order valence-corrected chi connectivity index (χ2v) is 4.09. The van der Waals surface area contributed by atoms with Crippen LogP contribution in [0.4, 0.5) is 0 Å². The quantitative estimate of drug-likeness (QED) is 0.265. The molecule has 0 saturated heterocycles. The van der Waals surface area contributed by atoms with Crippen molar-refractivity contribution in [3.8, 4) is 0 Å². The number of unbranched alkanes of at least 4 members (excludes halogenated alkanes) is 1. The van der Waals surface area contributed by atoms with Crippen molar-refractivity contribution in [2.75, 3.05) is 0 Å². The van der Waals surface area contributed by atoms with Crippen LogP contribution in [0.5, 0.6) is 0 Å². The smallest absolute Gasteiger partial charge is 0.303 e. The minimum Gasteiger partial charge on any atom is -0.481 e. The number of aliphatic carboxylic acids is 2. The largest absolute Gasteiger partial charge is 0.481 e. The third-order valence-electron chi connectivity index (χ3n) is 1.43. The molecule has 0 aromatic carbocycles. The van der Waals surface area contributed by atoms with E-state index in [2.05, 4.69) is 10.3 Å². The molecule has 4 N–H and O–H groups in total. The Labute approximate surface area is 118 Å². The number of carbonyl (C=O) groups is 2. The van der Waals surface area contributed by atoms with Crippen LogP contribution in [0, 0.1) is 0 Å². The van der Waals surface area contributed by atoms with Gasteiger partial charge in [-0.1, -0.05) is 10.3 Å². The van der Waals surface area contributed by atoms with Crippen molar-refractivity contribution in [1.82, 2.24) is 0 Å². The number of hydrogen-bond acceptors (Lipinski definition) is 6. The van der Waals surface area contributed by atoms with Crippen LogP contribution < -0.4 is 0 Å². The number of rotatable bonds is 5. The van der Waals surface area contributed by atoms with Gasteiger partial charge < -0.3 is 20.6 Å². The first-order valence-corrected chi connectivity index (χ1v) is 5.91. The van der Waals surface area contributed by atoms with Crippen LogP contribution in [0.1, 0.15) is 53.4 Å². The van der Waals surface area contributed by atoms with Crippen molar-refractivity contribution in [3.63, 3.8) is 0 Å². The fourth-order valence-electron chi connectivity index (χ4n) is 0.552. The molecule has 0 spiro atoms. The Kier molecular flexibility index (Phi) is 19.4. The molecule has 0 amide bonds. The molecule has 8 nitrogen and oxygen atoms in total. The predicted octanol–water partition coefficient (Wildman–Crippen LogP) is 2.43. The van der Waals surface area contributed by atoms with Crippen LogP contribution in [0.25, 0.3) is 0 Å². The summed E-state index contributed by atoms with van der Waals surface area (Å²) in [5.41, 5.74) is 1.37. The van der Waals surface area contributed by atoms with E-state index in [1.165, 1.54) is 0 Å². The summed E-state index contributed by atoms with van der Waals surface area (Å²) < 4.78 is 0. The summed E-state index contributed by atoms with van der Waals surface area (Å²) in [7, 11) is 0. The van der Waals surface area contributed by atoms with Gasteiger partial charge in [0, 0.05) is 12.8 Å². The standard InChI is InChI=1S/C6H10O4.2C3H7NO/c7-5(8)3-1-2-4-6(9)10;2*1-3(2)4-5/h1-4H2,(H,7,8)(H,9,10);2*5H,1-2H3. The summed E-state index contributed by atoms with van der Waals surface area (Å²) in [6.45, 7) is 6.89. The van der Waals surface area contributed by atoms with Crippen molar-refractivity contribution in [1.29, 1.82) is 0 Å². The molecule has 0 bridgehead atoms. The lowest BCUT2D eigenvalue weighted by atomic mass is 10.2. The molecule has 118 valence electrons. The van der Waals surface area contributed by atoms with Gasteiger partial charge in [-0.2, -0.15) is 0 Å². The van der Waals surface area contributed by atoms with Crippen LogP contribution in [-0.2, 0) is 9.59 Å². The van der Waals surface area contributed by atoms with Crippen LogP contribution in [0.3, 0.4) is 0 Å². The maximum absolute atomic E-state index is 9.90. The van der Waals surface area contributed by atoms with E-state index >= 15 is 0 Å². The molecule has 0 aliphatic rings. The van der Waals surface area contributed by atoms with Crippen LogP contribution in [-0.4, -0.2) is 44.0 Å². The van der Waals surface area contributed by atoms with Crippen molar-refractivity contribution in [3.05, 3.63) is 0 Å². The minimum absolute atomic E-state index is 0.0628. The van der Waals surface area contributed by atoms with Gasteiger partial charge in [0.2, 0.25) is 0 Å². The third kappa shape index (κ3) is 44.6. The van der Waals surface area contributed by atoms with Crippen molar-refractivity contribution in [2.24, 2.45) is 10.3 Å². The molecular weight excluding hydrogens is 268 g/mol. The van der Waals surface area contributed by atoms with E-state index in [0.717, 1.165) is 0 Å². The monoisotopic (exact) mass is 292 g/mol. The Bertz CT molecular complexity index is 286. The van der Waals surface area contributed by atoms with Gasteiger partial charge in [0.15, 0.2) is 0 Å². The highest BCUT2D eigenvalue weighted by molar-refractivity contribution is 5.78. The SMILES string of the molecule is CC(C)=NO.CC(C)=NO.O=C(O)CCCCC(=O)O. The molecule has 0 heterocycles.